The fourth-order valence-electron chi connectivity index (χ4n) is 2.89. The van der Waals surface area contributed by atoms with Crippen LogP contribution in [0.3, 0.4) is 0 Å². The Hall–Kier alpha value is -0.570. The monoisotopic (exact) mass is 268 g/mol. The third-order valence-electron chi connectivity index (χ3n) is 3.96. The predicted molar refractivity (Wildman–Crippen MR) is 81.1 cm³/mol. The highest BCUT2D eigenvalue weighted by molar-refractivity contribution is 5.76. The number of carbonyl (C=O) groups is 1. The van der Waals surface area contributed by atoms with Gasteiger partial charge in [-0.3, -0.25) is 4.79 Å². The molecule has 1 fully saturated rings. The molecule has 0 aromatic heterocycles. The summed E-state index contributed by atoms with van der Waals surface area (Å²) in [6.07, 6.45) is 5.83. The summed E-state index contributed by atoms with van der Waals surface area (Å²) in [5.74, 6) is 1.79. The molecule has 0 aromatic rings. The quantitative estimate of drug-likeness (QED) is 0.804. The Balaban J connectivity index is 2.20. The molecule has 19 heavy (non-hydrogen) atoms. The summed E-state index contributed by atoms with van der Waals surface area (Å²) >= 11 is 0. The van der Waals surface area contributed by atoms with Crippen molar-refractivity contribution in [3.05, 3.63) is 0 Å². The van der Waals surface area contributed by atoms with E-state index >= 15 is 0 Å². The normalized spacial score (nSPS) is 24.5. The average Bonchev–Trinajstić information content (AvgIpc) is 2.27. The van der Waals surface area contributed by atoms with Crippen molar-refractivity contribution in [1.82, 2.24) is 10.6 Å². The molecule has 1 amide bonds. The van der Waals surface area contributed by atoms with Crippen molar-refractivity contribution >= 4 is 5.91 Å². The smallest absolute Gasteiger partial charge is 0.221 e. The lowest BCUT2D eigenvalue weighted by Crippen LogP contribution is -2.43. The minimum absolute atomic E-state index is 0.120. The lowest BCUT2D eigenvalue weighted by atomic mass is 9.79. The first-order chi connectivity index (χ1) is 8.78. The van der Waals surface area contributed by atoms with Crippen molar-refractivity contribution in [2.45, 2.75) is 78.3 Å². The van der Waals surface area contributed by atoms with Crippen molar-refractivity contribution in [2.24, 2.45) is 11.8 Å². The van der Waals surface area contributed by atoms with Crippen molar-refractivity contribution in [3.63, 3.8) is 0 Å². The highest BCUT2D eigenvalue weighted by Crippen LogP contribution is 2.29. The predicted octanol–water partition coefficient (Wildman–Crippen LogP) is 3.10. The molecule has 0 aliphatic heterocycles. The first-order valence-corrected chi connectivity index (χ1v) is 7.82. The van der Waals surface area contributed by atoms with Gasteiger partial charge in [-0.15, -0.1) is 0 Å². The molecule has 112 valence electrons. The van der Waals surface area contributed by atoms with E-state index in [4.69, 9.17) is 0 Å². The number of carbonyl (C=O) groups excluding carboxylic acids is 1. The van der Waals surface area contributed by atoms with Gasteiger partial charge in [0, 0.05) is 24.5 Å². The van der Waals surface area contributed by atoms with E-state index in [1.165, 1.54) is 25.7 Å². The van der Waals surface area contributed by atoms with Gasteiger partial charge in [-0.1, -0.05) is 26.7 Å². The van der Waals surface area contributed by atoms with E-state index in [-0.39, 0.29) is 11.4 Å². The molecule has 3 nitrogen and oxygen atoms in total. The summed E-state index contributed by atoms with van der Waals surface area (Å²) in [5, 5.41) is 6.57. The van der Waals surface area contributed by atoms with Crippen LogP contribution in [0.25, 0.3) is 0 Å². The lowest BCUT2D eigenvalue weighted by Gasteiger charge is -2.32. The third kappa shape index (κ3) is 6.95. The maximum Gasteiger partial charge on any atom is 0.221 e. The molecular weight excluding hydrogens is 236 g/mol. The van der Waals surface area contributed by atoms with Crippen LogP contribution < -0.4 is 10.6 Å². The molecule has 1 rings (SSSR count). The van der Waals surface area contributed by atoms with Gasteiger partial charge in [-0.05, 0) is 45.4 Å². The Morgan fingerprint density at radius 3 is 2.53 bits per heavy atom. The van der Waals surface area contributed by atoms with Crippen LogP contribution in [-0.2, 0) is 4.79 Å². The second-order valence-electron chi connectivity index (χ2n) is 7.37. The van der Waals surface area contributed by atoms with Gasteiger partial charge in [0.2, 0.25) is 5.91 Å². The van der Waals surface area contributed by atoms with Crippen molar-refractivity contribution in [3.8, 4) is 0 Å². The van der Waals surface area contributed by atoms with E-state index < -0.39 is 0 Å². The second kappa shape index (κ2) is 7.28. The highest BCUT2D eigenvalue weighted by atomic mass is 16.1. The third-order valence-corrected chi connectivity index (χ3v) is 3.96. The van der Waals surface area contributed by atoms with Crippen LogP contribution in [0.5, 0.6) is 0 Å². The molecule has 2 N–H and O–H groups in total. The maximum atomic E-state index is 11.7. The summed E-state index contributed by atoms with van der Waals surface area (Å²) in [6.45, 7) is 11.5. The second-order valence-corrected chi connectivity index (χ2v) is 7.37. The Morgan fingerprint density at radius 2 is 1.95 bits per heavy atom. The topological polar surface area (TPSA) is 41.1 Å². The van der Waals surface area contributed by atoms with Crippen molar-refractivity contribution in [2.75, 3.05) is 6.54 Å². The number of amides is 1. The van der Waals surface area contributed by atoms with E-state index in [2.05, 4.69) is 24.5 Å². The molecule has 0 aromatic carbocycles. The van der Waals surface area contributed by atoms with Crippen LogP contribution in [-0.4, -0.2) is 24.0 Å². The first kappa shape index (κ1) is 16.5. The average molecular weight is 268 g/mol. The fourth-order valence-corrected chi connectivity index (χ4v) is 2.89. The summed E-state index contributed by atoms with van der Waals surface area (Å²) in [6, 6.07) is 0.614. The zero-order chi connectivity index (χ0) is 14.5. The molecule has 3 heteroatoms. The van der Waals surface area contributed by atoms with Crippen molar-refractivity contribution in [1.29, 1.82) is 0 Å². The standard InChI is InChI=1S/C16H32N2O/c1-12(2)13-7-6-8-14(11-13)17-10-9-15(19)18-16(3,4)5/h12-14,17H,6-11H2,1-5H3,(H,18,19). The lowest BCUT2D eigenvalue weighted by molar-refractivity contribution is -0.122. The van der Waals surface area contributed by atoms with Crippen molar-refractivity contribution < 1.29 is 4.79 Å². The van der Waals surface area contributed by atoms with Crippen LogP contribution in [0, 0.1) is 11.8 Å². The summed E-state index contributed by atoms with van der Waals surface area (Å²) in [5.41, 5.74) is -0.120. The van der Waals surface area contributed by atoms with Gasteiger partial charge in [0.15, 0.2) is 0 Å². The van der Waals surface area contributed by atoms with Gasteiger partial charge >= 0.3 is 0 Å². The maximum absolute atomic E-state index is 11.7. The minimum Gasteiger partial charge on any atom is -0.351 e. The Bertz CT molecular complexity index is 281. The largest absolute Gasteiger partial charge is 0.351 e. The van der Waals surface area contributed by atoms with Crippen LogP contribution in [0.4, 0.5) is 0 Å². The van der Waals surface area contributed by atoms with E-state index in [1.807, 2.05) is 20.8 Å². The summed E-state index contributed by atoms with van der Waals surface area (Å²) < 4.78 is 0. The van der Waals surface area contributed by atoms with Gasteiger partial charge in [0.1, 0.15) is 0 Å². The van der Waals surface area contributed by atoms with E-state index in [0.717, 1.165) is 18.4 Å². The summed E-state index contributed by atoms with van der Waals surface area (Å²) in [4.78, 5) is 11.7. The van der Waals surface area contributed by atoms with Crippen LogP contribution >= 0.6 is 0 Å². The Morgan fingerprint density at radius 1 is 1.26 bits per heavy atom. The number of hydrogen-bond donors (Lipinski definition) is 2. The first-order valence-electron chi connectivity index (χ1n) is 7.82. The molecule has 0 heterocycles. The SMILES string of the molecule is CC(C)C1CCCC(NCCC(=O)NC(C)(C)C)C1. The molecule has 0 radical (unpaired) electrons. The van der Waals surface area contributed by atoms with Gasteiger partial charge in [0.25, 0.3) is 0 Å². The molecular formula is C16H32N2O. The molecule has 1 aliphatic rings. The number of nitrogens with one attached hydrogen (secondary N) is 2. The zero-order valence-corrected chi connectivity index (χ0v) is 13.4. The van der Waals surface area contributed by atoms with Crippen LogP contribution in [0.1, 0.15) is 66.7 Å². The minimum atomic E-state index is -0.120. The van der Waals surface area contributed by atoms with Gasteiger partial charge in [-0.2, -0.15) is 0 Å². The molecule has 0 bridgehead atoms. The molecule has 0 spiro atoms. The fraction of sp³-hybridized carbons (Fsp3) is 0.938. The zero-order valence-electron chi connectivity index (χ0n) is 13.4. The highest BCUT2D eigenvalue weighted by Gasteiger charge is 2.23. The number of rotatable bonds is 5. The van der Waals surface area contributed by atoms with E-state index in [0.29, 0.717) is 12.5 Å². The van der Waals surface area contributed by atoms with E-state index in [9.17, 15) is 4.79 Å². The molecule has 2 unspecified atom stereocenters. The Labute approximate surface area is 118 Å². The summed E-state index contributed by atoms with van der Waals surface area (Å²) in [7, 11) is 0. The number of hydrogen-bond acceptors (Lipinski definition) is 2. The van der Waals surface area contributed by atoms with Crippen LogP contribution in [0.15, 0.2) is 0 Å². The molecule has 1 aliphatic carbocycles. The van der Waals surface area contributed by atoms with Gasteiger partial charge < -0.3 is 10.6 Å². The molecule has 0 saturated heterocycles. The van der Waals surface area contributed by atoms with Crippen LogP contribution in [0.2, 0.25) is 0 Å². The Kier molecular flexibility index (Phi) is 6.31. The molecule has 1 saturated carbocycles. The van der Waals surface area contributed by atoms with Gasteiger partial charge in [0.05, 0.1) is 0 Å². The van der Waals surface area contributed by atoms with E-state index in [1.54, 1.807) is 0 Å². The van der Waals surface area contributed by atoms with Gasteiger partial charge in [-0.25, -0.2) is 0 Å². The molecule has 2 atom stereocenters.